The van der Waals surface area contributed by atoms with Gasteiger partial charge in [0.25, 0.3) is 0 Å². The summed E-state index contributed by atoms with van der Waals surface area (Å²) >= 11 is 1.54. The van der Waals surface area contributed by atoms with E-state index in [-0.39, 0.29) is 5.92 Å². The first-order valence-electron chi connectivity index (χ1n) is 11.5. The largest absolute Gasteiger partial charge is 0.459 e. The van der Waals surface area contributed by atoms with Crippen molar-refractivity contribution in [3.63, 3.8) is 0 Å². The topological polar surface area (TPSA) is 75.5 Å². The van der Waals surface area contributed by atoms with Gasteiger partial charge >= 0.3 is 6.01 Å². The van der Waals surface area contributed by atoms with E-state index in [1.807, 2.05) is 6.07 Å². The number of fused-ring (bicyclic) bond motifs is 1. The predicted molar refractivity (Wildman–Crippen MR) is 130 cm³/mol. The minimum atomic E-state index is -0.334. The van der Waals surface area contributed by atoms with Gasteiger partial charge in [-0.2, -0.15) is 4.98 Å². The van der Waals surface area contributed by atoms with Crippen LogP contribution in [-0.2, 0) is 0 Å². The molecule has 0 aromatic carbocycles. The van der Waals surface area contributed by atoms with Crippen molar-refractivity contribution < 1.29 is 4.74 Å². The molecule has 8 heteroatoms. The van der Waals surface area contributed by atoms with Gasteiger partial charge in [-0.15, -0.1) is 6.42 Å². The molecule has 0 amide bonds. The Kier molecular flexibility index (Phi) is 6.91. The van der Waals surface area contributed by atoms with Crippen molar-refractivity contribution >= 4 is 17.4 Å². The van der Waals surface area contributed by atoms with E-state index >= 15 is 0 Å². The van der Waals surface area contributed by atoms with E-state index in [0.29, 0.717) is 12.6 Å². The number of rotatable bonds is 7. The van der Waals surface area contributed by atoms with Gasteiger partial charge in [0.05, 0.1) is 11.0 Å². The zero-order valence-corrected chi connectivity index (χ0v) is 19.5. The first kappa shape index (κ1) is 22.0. The molecule has 0 bridgehead atoms. The van der Waals surface area contributed by atoms with Crippen molar-refractivity contribution in [1.82, 2.24) is 25.2 Å². The summed E-state index contributed by atoms with van der Waals surface area (Å²) in [6, 6.07) is 2.19. The first-order chi connectivity index (χ1) is 16.3. The lowest BCUT2D eigenvalue weighted by atomic mass is 9.98. The van der Waals surface area contributed by atoms with Crippen molar-refractivity contribution in [3.8, 4) is 18.4 Å². The Balaban J connectivity index is 1.23. The fraction of sp³-hybridized carbons (Fsp3) is 0.440. The van der Waals surface area contributed by atoms with E-state index in [1.54, 1.807) is 17.5 Å². The first-order valence-corrected chi connectivity index (χ1v) is 12.3. The molecule has 0 saturated carbocycles. The molecule has 1 fully saturated rings. The normalized spacial score (nSPS) is 19.2. The molecule has 2 aromatic heterocycles. The molecule has 1 N–H and O–H groups in total. The molecule has 2 aromatic rings. The number of terminal acetylenes is 1. The summed E-state index contributed by atoms with van der Waals surface area (Å²) in [6.45, 7) is 6.78. The van der Waals surface area contributed by atoms with Crippen molar-refractivity contribution in [3.05, 3.63) is 56.3 Å². The third-order valence-electron chi connectivity index (χ3n) is 6.08. The standard InChI is InChI=1S/C25H28N6OS/c1-2-20(23-29-22-4-3-10-27-24(22)33-23)21-9-11-28-25(30-21)32-17-19-7-5-18(6-8-19)16-31-14-12-26-13-15-31/h1,4-5,7,9,11,20,26H,3,6,8,10,12-17H2. The van der Waals surface area contributed by atoms with Crippen LogP contribution in [0.1, 0.15) is 35.9 Å². The van der Waals surface area contributed by atoms with Gasteiger partial charge in [-0.3, -0.25) is 9.89 Å². The lowest BCUT2D eigenvalue weighted by Gasteiger charge is -2.29. The zero-order valence-electron chi connectivity index (χ0n) is 18.7. The quantitative estimate of drug-likeness (QED) is 0.630. The molecule has 1 aliphatic carbocycles. The smallest absolute Gasteiger partial charge is 0.316 e. The van der Waals surface area contributed by atoms with Crippen LogP contribution < -0.4 is 20.1 Å². The summed E-state index contributed by atoms with van der Waals surface area (Å²) in [5, 5.41) is 5.18. The number of nitrogens with zero attached hydrogens (tertiary/aromatic N) is 5. The molecule has 7 nitrogen and oxygen atoms in total. The van der Waals surface area contributed by atoms with Crippen LogP contribution in [0.2, 0.25) is 0 Å². The maximum atomic E-state index is 5.93. The zero-order chi connectivity index (χ0) is 22.5. The van der Waals surface area contributed by atoms with Gasteiger partial charge in [0, 0.05) is 45.5 Å². The van der Waals surface area contributed by atoms with Crippen LogP contribution in [-0.4, -0.2) is 65.7 Å². The third kappa shape index (κ3) is 5.38. The second kappa shape index (κ2) is 10.4. The number of piperazine rings is 1. The molecule has 0 spiro atoms. The Labute approximate surface area is 198 Å². The van der Waals surface area contributed by atoms with Crippen molar-refractivity contribution in [2.75, 3.05) is 45.9 Å². The highest BCUT2D eigenvalue weighted by Crippen LogP contribution is 2.24. The number of hydrogen-bond donors (Lipinski definition) is 1. The summed E-state index contributed by atoms with van der Waals surface area (Å²) < 4.78 is 6.89. The lowest BCUT2D eigenvalue weighted by Crippen LogP contribution is -2.44. The van der Waals surface area contributed by atoms with E-state index in [4.69, 9.17) is 16.1 Å². The highest BCUT2D eigenvalue weighted by Gasteiger charge is 2.19. The molecule has 5 rings (SSSR count). The van der Waals surface area contributed by atoms with Crippen molar-refractivity contribution in [2.45, 2.75) is 25.2 Å². The predicted octanol–water partition coefficient (Wildman–Crippen LogP) is 1.43. The highest BCUT2D eigenvalue weighted by molar-refractivity contribution is 7.09. The summed E-state index contributed by atoms with van der Waals surface area (Å²) in [5.41, 5.74) is 3.47. The van der Waals surface area contributed by atoms with Crippen LogP contribution in [0.3, 0.4) is 0 Å². The maximum Gasteiger partial charge on any atom is 0.316 e. The summed E-state index contributed by atoms with van der Waals surface area (Å²) in [5.74, 6) is 2.50. The monoisotopic (exact) mass is 460 g/mol. The Morgan fingerprint density at radius 1 is 1.18 bits per heavy atom. The molecule has 33 heavy (non-hydrogen) atoms. The van der Waals surface area contributed by atoms with Gasteiger partial charge in [-0.25, -0.2) is 9.97 Å². The van der Waals surface area contributed by atoms with Crippen LogP contribution in [0.5, 0.6) is 6.01 Å². The van der Waals surface area contributed by atoms with Gasteiger partial charge in [0.15, 0.2) is 0 Å². The Morgan fingerprint density at radius 3 is 2.82 bits per heavy atom. The molecular weight excluding hydrogens is 432 g/mol. The Morgan fingerprint density at radius 2 is 2.03 bits per heavy atom. The molecule has 4 heterocycles. The van der Waals surface area contributed by atoms with Gasteiger partial charge in [0.1, 0.15) is 22.2 Å². The molecule has 1 saturated heterocycles. The van der Waals surface area contributed by atoms with Crippen LogP contribution in [0.4, 0.5) is 0 Å². The fourth-order valence-corrected chi connectivity index (χ4v) is 5.27. The number of thiazole rings is 1. The minimum Gasteiger partial charge on any atom is -0.459 e. The van der Waals surface area contributed by atoms with E-state index < -0.39 is 0 Å². The van der Waals surface area contributed by atoms with E-state index in [2.05, 4.69) is 49.3 Å². The molecule has 1 unspecified atom stereocenters. The molecule has 1 atom stereocenters. The van der Waals surface area contributed by atoms with Gasteiger partial charge in [0.2, 0.25) is 0 Å². The van der Waals surface area contributed by atoms with Crippen molar-refractivity contribution in [1.29, 1.82) is 0 Å². The van der Waals surface area contributed by atoms with Crippen LogP contribution >= 0.6 is 11.3 Å². The average molecular weight is 461 g/mol. The second-order valence-electron chi connectivity index (χ2n) is 8.45. The van der Waals surface area contributed by atoms with Gasteiger partial charge < -0.3 is 10.1 Å². The van der Waals surface area contributed by atoms with Gasteiger partial charge in [-0.05, 0) is 30.9 Å². The minimum absolute atomic E-state index is 0.334. The second-order valence-corrected chi connectivity index (χ2v) is 9.45. The van der Waals surface area contributed by atoms with Crippen LogP contribution in [0.15, 0.2) is 40.6 Å². The summed E-state index contributed by atoms with van der Waals surface area (Å²) in [7, 11) is 0. The fourth-order valence-electron chi connectivity index (χ4n) is 4.23. The Hall–Kier alpha value is -2.86. The summed E-state index contributed by atoms with van der Waals surface area (Å²) in [4.78, 5) is 20.7. The van der Waals surface area contributed by atoms with Crippen molar-refractivity contribution in [2.24, 2.45) is 4.99 Å². The van der Waals surface area contributed by atoms with Crippen LogP contribution in [0, 0.1) is 12.3 Å². The molecule has 0 radical (unpaired) electrons. The van der Waals surface area contributed by atoms with E-state index in [0.717, 1.165) is 79.3 Å². The average Bonchev–Trinajstić information content (AvgIpc) is 3.29. The summed E-state index contributed by atoms with van der Waals surface area (Å²) in [6.07, 6.45) is 17.1. The number of ether oxygens (including phenoxy) is 1. The van der Waals surface area contributed by atoms with E-state index in [9.17, 15) is 0 Å². The van der Waals surface area contributed by atoms with E-state index in [1.165, 1.54) is 11.1 Å². The number of hydrogen-bond acceptors (Lipinski definition) is 8. The number of aromatic nitrogens is 3. The highest BCUT2D eigenvalue weighted by atomic mass is 32.1. The lowest BCUT2D eigenvalue weighted by molar-refractivity contribution is 0.257. The SMILES string of the molecule is C#CC(c1ccnc(OCC2=CC=C(CN3CCNCC3)CC2)n1)c1nc2c(s1)=NCCC=2. The number of allylic oxidation sites excluding steroid dienone is 2. The molecule has 3 aliphatic rings. The molecule has 170 valence electrons. The Bertz CT molecular complexity index is 1180. The molecular formula is C25H28N6OS. The third-order valence-corrected chi connectivity index (χ3v) is 7.15. The molecule has 2 aliphatic heterocycles. The number of nitrogens with one attached hydrogen (secondary N) is 1. The maximum absolute atomic E-state index is 5.93. The van der Waals surface area contributed by atoms with Crippen LogP contribution in [0.25, 0.3) is 6.08 Å². The van der Waals surface area contributed by atoms with Gasteiger partial charge in [-0.1, -0.05) is 41.1 Å².